The van der Waals surface area contributed by atoms with E-state index in [4.69, 9.17) is 0 Å². The van der Waals surface area contributed by atoms with Crippen LogP contribution in [0, 0.1) is 5.82 Å². The first kappa shape index (κ1) is 20.8. The predicted octanol–water partition coefficient (Wildman–Crippen LogP) is 2.78. The summed E-state index contributed by atoms with van der Waals surface area (Å²) in [7, 11) is 3.99. The van der Waals surface area contributed by atoms with E-state index in [1.165, 1.54) is 24.3 Å². The zero-order valence-electron chi connectivity index (χ0n) is 16.8. The first-order chi connectivity index (χ1) is 13.9. The average Bonchev–Trinajstić information content (AvgIpc) is 3.24. The Kier molecular flexibility index (Phi) is 6.82. The van der Waals surface area contributed by atoms with E-state index in [1.54, 1.807) is 0 Å². The number of nitrogens with one attached hydrogen (secondary N) is 2. The summed E-state index contributed by atoms with van der Waals surface area (Å²) >= 11 is 0. The van der Waals surface area contributed by atoms with Crippen LogP contribution in [0.1, 0.15) is 24.4 Å². The van der Waals surface area contributed by atoms with Gasteiger partial charge in [-0.05, 0) is 67.9 Å². The Labute approximate surface area is 170 Å². The van der Waals surface area contributed by atoms with Crippen molar-refractivity contribution in [3.8, 4) is 0 Å². The van der Waals surface area contributed by atoms with Gasteiger partial charge in [-0.1, -0.05) is 12.1 Å². The van der Waals surface area contributed by atoms with Crippen LogP contribution in [0.2, 0.25) is 0 Å². The molecule has 0 unspecified atom stereocenters. The van der Waals surface area contributed by atoms with Crippen LogP contribution in [0.15, 0.2) is 48.5 Å². The van der Waals surface area contributed by atoms with E-state index in [-0.39, 0.29) is 6.04 Å². The number of anilines is 2. The highest BCUT2D eigenvalue weighted by molar-refractivity contribution is 6.39. The highest BCUT2D eigenvalue weighted by Crippen LogP contribution is 2.26. The van der Waals surface area contributed by atoms with Crippen LogP contribution >= 0.6 is 0 Å². The minimum Gasteiger partial charge on any atom is -0.378 e. The Balaban J connectivity index is 1.63. The van der Waals surface area contributed by atoms with Gasteiger partial charge in [0.1, 0.15) is 5.82 Å². The van der Waals surface area contributed by atoms with Crippen molar-refractivity contribution in [3.63, 3.8) is 0 Å². The second-order valence-corrected chi connectivity index (χ2v) is 7.42. The molecule has 0 spiro atoms. The van der Waals surface area contributed by atoms with E-state index in [0.29, 0.717) is 12.2 Å². The van der Waals surface area contributed by atoms with E-state index in [9.17, 15) is 14.0 Å². The zero-order valence-corrected chi connectivity index (χ0v) is 16.8. The molecule has 1 saturated heterocycles. The molecule has 0 bridgehead atoms. The smallest absolute Gasteiger partial charge is 0.313 e. The zero-order chi connectivity index (χ0) is 20.8. The van der Waals surface area contributed by atoms with E-state index in [2.05, 4.69) is 39.8 Å². The molecule has 6 nitrogen and oxygen atoms in total. The molecule has 2 amide bonds. The minimum atomic E-state index is -0.764. The van der Waals surface area contributed by atoms with E-state index in [0.717, 1.165) is 37.2 Å². The van der Waals surface area contributed by atoms with Gasteiger partial charge in [-0.2, -0.15) is 0 Å². The molecule has 7 heteroatoms. The molecule has 1 aliphatic heterocycles. The monoisotopic (exact) mass is 398 g/mol. The number of carbonyl (C=O) groups excluding carboxylic acids is 2. The van der Waals surface area contributed by atoms with Gasteiger partial charge in [0.25, 0.3) is 0 Å². The molecule has 29 heavy (non-hydrogen) atoms. The van der Waals surface area contributed by atoms with Crippen LogP contribution in [-0.4, -0.2) is 50.4 Å². The number of halogens is 1. The lowest BCUT2D eigenvalue weighted by Crippen LogP contribution is -2.41. The Morgan fingerprint density at radius 1 is 1.00 bits per heavy atom. The van der Waals surface area contributed by atoms with Crippen LogP contribution in [0.5, 0.6) is 0 Å². The largest absolute Gasteiger partial charge is 0.378 e. The molecule has 2 aromatic carbocycles. The third-order valence-electron chi connectivity index (χ3n) is 5.14. The number of nitrogens with zero attached hydrogens (tertiary/aromatic N) is 2. The Hall–Kier alpha value is -2.93. The van der Waals surface area contributed by atoms with Gasteiger partial charge in [-0.3, -0.25) is 14.5 Å². The van der Waals surface area contributed by atoms with Crippen LogP contribution in [0.3, 0.4) is 0 Å². The van der Waals surface area contributed by atoms with Gasteiger partial charge in [0, 0.05) is 32.0 Å². The maximum Gasteiger partial charge on any atom is 0.313 e. The number of hydrogen-bond acceptors (Lipinski definition) is 4. The number of carbonyl (C=O) groups is 2. The van der Waals surface area contributed by atoms with Gasteiger partial charge in [0.15, 0.2) is 0 Å². The minimum absolute atomic E-state index is 0.0104. The summed E-state index contributed by atoms with van der Waals surface area (Å²) in [5, 5.41) is 5.23. The molecule has 2 aromatic rings. The van der Waals surface area contributed by atoms with E-state index < -0.39 is 17.6 Å². The van der Waals surface area contributed by atoms with Crippen LogP contribution in [0.4, 0.5) is 15.8 Å². The van der Waals surface area contributed by atoms with Crippen LogP contribution < -0.4 is 15.5 Å². The molecule has 154 valence electrons. The maximum absolute atomic E-state index is 13.0. The summed E-state index contributed by atoms with van der Waals surface area (Å²) in [5.74, 6) is -1.87. The average molecular weight is 398 g/mol. The fourth-order valence-electron chi connectivity index (χ4n) is 3.50. The lowest BCUT2D eigenvalue weighted by atomic mass is 10.0. The second-order valence-electron chi connectivity index (χ2n) is 7.42. The standard InChI is InChI=1S/C22H27FN4O2/c1-26(2)19-11-5-16(6-12-19)20(27-13-3-4-14-27)15-24-21(28)22(29)25-18-9-7-17(23)8-10-18/h5-12,20H,3-4,13-15H2,1-2H3,(H,24,28)(H,25,29)/t20-/m1/s1. The third kappa shape index (κ3) is 5.54. The van der Waals surface area contributed by atoms with Crippen LogP contribution in [-0.2, 0) is 9.59 Å². The summed E-state index contributed by atoms with van der Waals surface area (Å²) < 4.78 is 13.0. The molecule has 3 rings (SSSR count). The number of amides is 2. The molecule has 1 fully saturated rings. The summed E-state index contributed by atoms with van der Waals surface area (Å²) in [5.41, 5.74) is 2.59. The number of hydrogen-bond donors (Lipinski definition) is 2. The topological polar surface area (TPSA) is 64.7 Å². The summed E-state index contributed by atoms with van der Waals surface area (Å²) in [4.78, 5) is 28.8. The fraction of sp³-hybridized carbons (Fsp3) is 0.364. The van der Waals surface area contributed by atoms with Crippen molar-refractivity contribution in [1.29, 1.82) is 0 Å². The predicted molar refractivity (Wildman–Crippen MR) is 112 cm³/mol. The van der Waals surface area contributed by atoms with Gasteiger partial charge in [0.2, 0.25) is 0 Å². The molecule has 0 aromatic heterocycles. The highest BCUT2D eigenvalue weighted by Gasteiger charge is 2.25. The summed E-state index contributed by atoms with van der Waals surface area (Å²) in [6.07, 6.45) is 2.26. The first-order valence-electron chi connectivity index (χ1n) is 9.80. The number of benzene rings is 2. The van der Waals surface area contributed by atoms with Crippen molar-refractivity contribution in [2.45, 2.75) is 18.9 Å². The Morgan fingerprint density at radius 3 is 2.21 bits per heavy atom. The molecule has 0 saturated carbocycles. The van der Waals surface area contributed by atoms with E-state index >= 15 is 0 Å². The summed E-state index contributed by atoms with van der Waals surface area (Å²) in [6.45, 7) is 2.28. The Bertz CT molecular complexity index is 831. The van der Waals surface area contributed by atoms with Gasteiger partial charge in [-0.15, -0.1) is 0 Å². The second kappa shape index (κ2) is 9.52. The normalized spacial score (nSPS) is 15.0. The molecule has 0 radical (unpaired) electrons. The lowest BCUT2D eigenvalue weighted by molar-refractivity contribution is -0.136. The van der Waals surface area contributed by atoms with Gasteiger partial charge in [0.05, 0.1) is 6.04 Å². The first-order valence-corrected chi connectivity index (χ1v) is 9.80. The van der Waals surface area contributed by atoms with Crippen LogP contribution in [0.25, 0.3) is 0 Å². The maximum atomic E-state index is 13.0. The summed E-state index contributed by atoms with van der Waals surface area (Å²) in [6, 6.07) is 13.6. The van der Waals surface area contributed by atoms with Gasteiger partial charge < -0.3 is 15.5 Å². The molecular formula is C22H27FN4O2. The SMILES string of the molecule is CN(C)c1ccc([C@@H](CNC(=O)C(=O)Nc2ccc(F)cc2)N2CCCC2)cc1. The van der Waals surface area contributed by atoms with Crippen molar-refractivity contribution in [1.82, 2.24) is 10.2 Å². The molecule has 1 aliphatic rings. The number of rotatable bonds is 6. The molecule has 2 N–H and O–H groups in total. The highest BCUT2D eigenvalue weighted by atomic mass is 19.1. The van der Waals surface area contributed by atoms with Crippen molar-refractivity contribution in [2.75, 3.05) is 43.9 Å². The van der Waals surface area contributed by atoms with Gasteiger partial charge >= 0.3 is 11.8 Å². The molecule has 0 aliphatic carbocycles. The Morgan fingerprint density at radius 2 is 1.62 bits per heavy atom. The van der Waals surface area contributed by atoms with Crippen molar-refractivity contribution >= 4 is 23.2 Å². The van der Waals surface area contributed by atoms with Crippen molar-refractivity contribution in [2.24, 2.45) is 0 Å². The number of likely N-dealkylation sites (tertiary alicyclic amines) is 1. The van der Waals surface area contributed by atoms with E-state index in [1.807, 2.05) is 19.0 Å². The third-order valence-corrected chi connectivity index (χ3v) is 5.14. The molecular weight excluding hydrogens is 371 g/mol. The fourth-order valence-corrected chi connectivity index (χ4v) is 3.50. The van der Waals surface area contributed by atoms with Crippen molar-refractivity contribution in [3.05, 3.63) is 59.9 Å². The molecule has 1 heterocycles. The van der Waals surface area contributed by atoms with Crippen molar-refractivity contribution < 1.29 is 14.0 Å². The quantitative estimate of drug-likeness (QED) is 0.735. The lowest BCUT2D eigenvalue weighted by Gasteiger charge is -2.28. The molecule has 1 atom stereocenters. The van der Waals surface area contributed by atoms with Gasteiger partial charge in [-0.25, -0.2) is 4.39 Å².